The lowest BCUT2D eigenvalue weighted by atomic mass is 10.1. The fraction of sp³-hybridized carbons (Fsp3) is 0.261. The minimum Gasteiger partial charge on any atom is -0.342 e. The van der Waals surface area contributed by atoms with E-state index < -0.39 is 0 Å². The highest BCUT2D eigenvalue weighted by Crippen LogP contribution is 2.28. The number of hydrogen-bond donors (Lipinski definition) is 3. The number of hydrogen-bond acceptors (Lipinski definition) is 7. The van der Waals surface area contributed by atoms with Crippen LogP contribution < -0.4 is 10.6 Å². The molecule has 0 aliphatic carbocycles. The number of aryl methyl sites for hydroxylation is 1. The first-order valence-electron chi connectivity index (χ1n) is 10.8. The van der Waals surface area contributed by atoms with Crippen LogP contribution >= 0.6 is 11.3 Å². The van der Waals surface area contributed by atoms with Gasteiger partial charge in [-0.15, -0.1) is 0 Å². The molecule has 0 unspecified atom stereocenters. The van der Waals surface area contributed by atoms with Crippen molar-refractivity contribution in [2.45, 2.75) is 26.2 Å². The first kappa shape index (κ1) is 21.1. The summed E-state index contributed by atoms with van der Waals surface area (Å²) in [6.45, 7) is 3.60. The Hall–Kier alpha value is -3.79. The van der Waals surface area contributed by atoms with Gasteiger partial charge < -0.3 is 15.5 Å². The van der Waals surface area contributed by atoms with Gasteiger partial charge in [0.15, 0.2) is 5.13 Å². The molecule has 1 saturated heterocycles. The Labute approximate surface area is 194 Å². The van der Waals surface area contributed by atoms with E-state index in [9.17, 15) is 9.59 Å². The Bertz CT molecular complexity index is 1320. The van der Waals surface area contributed by atoms with E-state index in [1.165, 1.54) is 17.5 Å². The quantitative estimate of drug-likeness (QED) is 0.401. The van der Waals surface area contributed by atoms with Crippen LogP contribution in [0.4, 0.5) is 16.6 Å². The van der Waals surface area contributed by atoms with E-state index in [4.69, 9.17) is 0 Å². The largest absolute Gasteiger partial charge is 0.342 e. The second-order valence-electron chi connectivity index (χ2n) is 7.98. The molecule has 4 heterocycles. The number of nitrogens with one attached hydrogen (secondary N) is 3. The Balaban J connectivity index is 1.26. The van der Waals surface area contributed by atoms with E-state index in [0.717, 1.165) is 48.1 Å². The van der Waals surface area contributed by atoms with Gasteiger partial charge in [-0.2, -0.15) is 5.10 Å². The maximum absolute atomic E-state index is 12.8. The normalized spacial score (nSPS) is 13.4. The molecule has 0 radical (unpaired) electrons. The van der Waals surface area contributed by atoms with Gasteiger partial charge in [0.2, 0.25) is 5.91 Å². The zero-order chi connectivity index (χ0) is 22.8. The lowest BCUT2D eigenvalue weighted by Crippen LogP contribution is -2.29. The van der Waals surface area contributed by atoms with E-state index in [1.807, 2.05) is 42.2 Å². The molecule has 0 bridgehead atoms. The lowest BCUT2D eigenvalue weighted by Gasteiger charge is -2.14. The molecule has 5 rings (SSSR count). The average Bonchev–Trinajstić information content (AvgIpc) is 3.58. The molecule has 10 heteroatoms. The second-order valence-corrected chi connectivity index (χ2v) is 9.01. The summed E-state index contributed by atoms with van der Waals surface area (Å²) >= 11 is 1.24. The van der Waals surface area contributed by atoms with Gasteiger partial charge in [-0.1, -0.05) is 23.5 Å². The number of likely N-dealkylation sites (tertiary alicyclic amines) is 1. The molecule has 1 aromatic carbocycles. The van der Waals surface area contributed by atoms with Crippen LogP contribution in [0.15, 0.2) is 42.7 Å². The number of aromatic nitrogens is 4. The summed E-state index contributed by atoms with van der Waals surface area (Å²) < 4.78 is 0. The van der Waals surface area contributed by atoms with Gasteiger partial charge in [0.25, 0.3) is 5.91 Å². The number of rotatable bonds is 6. The van der Waals surface area contributed by atoms with E-state index in [2.05, 4.69) is 30.8 Å². The Morgan fingerprint density at radius 3 is 2.85 bits per heavy atom. The number of aromatic amines is 1. The van der Waals surface area contributed by atoms with Crippen LogP contribution in [0.1, 0.15) is 33.8 Å². The van der Waals surface area contributed by atoms with Gasteiger partial charge in [0.05, 0.1) is 35.7 Å². The minimum absolute atomic E-state index is 0.105. The summed E-state index contributed by atoms with van der Waals surface area (Å²) in [5.41, 5.74) is 3.24. The van der Waals surface area contributed by atoms with E-state index in [-0.39, 0.29) is 18.2 Å². The number of fused-ring (bicyclic) bond motifs is 1. The molecule has 2 amide bonds. The number of nitrogens with zero attached hydrogens (tertiary/aromatic N) is 4. The third-order valence-electron chi connectivity index (χ3n) is 5.63. The predicted molar refractivity (Wildman–Crippen MR) is 128 cm³/mol. The molecule has 0 atom stereocenters. The average molecular weight is 462 g/mol. The van der Waals surface area contributed by atoms with Crippen molar-refractivity contribution in [1.29, 1.82) is 0 Å². The molecule has 168 valence electrons. The van der Waals surface area contributed by atoms with E-state index >= 15 is 0 Å². The van der Waals surface area contributed by atoms with E-state index in [0.29, 0.717) is 21.5 Å². The molecule has 1 fully saturated rings. The zero-order valence-corrected chi connectivity index (χ0v) is 18.9. The van der Waals surface area contributed by atoms with Crippen molar-refractivity contribution in [3.8, 4) is 0 Å². The molecule has 0 spiro atoms. The minimum atomic E-state index is -0.240. The van der Waals surface area contributed by atoms with E-state index in [1.54, 1.807) is 6.20 Å². The number of amides is 2. The summed E-state index contributed by atoms with van der Waals surface area (Å²) in [6.07, 6.45) is 5.65. The molecule has 1 aliphatic heterocycles. The van der Waals surface area contributed by atoms with Crippen molar-refractivity contribution < 1.29 is 9.59 Å². The van der Waals surface area contributed by atoms with Gasteiger partial charge >= 0.3 is 0 Å². The number of thiazole rings is 1. The first-order chi connectivity index (χ1) is 16.1. The van der Waals surface area contributed by atoms with Crippen molar-refractivity contribution in [3.63, 3.8) is 0 Å². The summed E-state index contributed by atoms with van der Waals surface area (Å²) in [5.74, 6) is 0.450. The van der Waals surface area contributed by atoms with Crippen LogP contribution in [0.2, 0.25) is 0 Å². The topological polar surface area (TPSA) is 116 Å². The van der Waals surface area contributed by atoms with Crippen LogP contribution in [0.5, 0.6) is 0 Å². The van der Waals surface area contributed by atoms with Gasteiger partial charge in [-0.05, 0) is 43.5 Å². The van der Waals surface area contributed by atoms with Crippen LogP contribution in [0, 0.1) is 6.92 Å². The fourth-order valence-electron chi connectivity index (χ4n) is 3.89. The predicted octanol–water partition coefficient (Wildman–Crippen LogP) is 3.88. The number of anilines is 3. The Kier molecular flexibility index (Phi) is 5.74. The first-order valence-corrected chi connectivity index (χ1v) is 11.6. The molecule has 3 N–H and O–H groups in total. The second kappa shape index (κ2) is 8.99. The van der Waals surface area contributed by atoms with Gasteiger partial charge in [0.1, 0.15) is 10.7 Å². The van der Waals surface area contributed by atoms with Crippen molar-refractivity contribution in [2.24, 2.45) is 0 Å². The Morgan fingerprint density at radius 1 is 1.15 bits per heavy atom. The van der Waals surface area contributed by atoms with Crippen molar-refractivity contribution in [2.75, 3.05) is 23.7 Å². The Morgan fingerprint density at radius 2 is 2.00 bits per heavy atom. The molecular formula is C23H23N7O2S. The van der Waals surface area contributed by atoms with Crippen molar-refractivity contribution >= 4 is 50.7 Å². The summed E-state index contributed by atoms with van der Waals surface area (Å²) in [6, 6.07) is 9.38. The standard InChI is InChI=1S/C23H23N7O2S/c1-14-7-8-17-16(12-25-29-17)21(14)28-22(32)18-13-24-23(33-18)27-19-6-4-5-15(26-19)11-20(31)30-9-2-3-10-30/h4-8,12-13H,2-3,9-11H2,1H3,(H,25,29)(H,28,32)(H,24,26,27). The molecule has 33 heavy (non-hydrogen) atoms. The van der Waals surface area contributed by atoms with Crippen LogP contribution in [-0.2, 0) is 11.2 Å². The third-order valence-corrected chi connectivity index (χ3v) is 6.54. The molecule has 3 aromatic heterocycles. The molecule has 1 aliphatic rings. The highest BCUT2D eigenvalue weighted by Gasteiger charge is 2.19. The monoisotopic (exact) mass is 461 g/mol. The molecule has 4 aromatic rings. The number of carbonyl (C=O) groups is 2. The van der Waals surface area contributed by atoms with Crippen LogP contribution in [-0.4, -0.2) is 50.0 Å². The summed E-state index contributed by atoms with van der Waals surface area (Å²) in [4.78, 5) is 36.5. The van der Waals surface area contributed by atoms with Crippen LogP contribution in [0.3, 0.4) is 0 Å². The number of carbonyl (C=O) groups excluding carboxylic acids is 2. The van der Waals surface area contributed by atoms with Gasteiger partial charge in [-0.3, -0.25) is 14.7 Å². The summed E-state index contributed by atoms with van der Waals surface area (Å²) in [7, 11) is 0. The SMILES string of the molecule is Cc1ccc2[nH]ncc2c1NC(=O)c1cnc(Nc2cccc(CC(=O)N3CCCC3)n2)s1. The molecule has 0 saturated carbocycles. The number of pyridine rings is 1. The molecule has 9 nitrogen and oxygen atoms in total. The maximum Gasteiger partial charge on any atom is 0.267 e. The highest BCUT2D eigenvalue weighted by atomic mass is 32.1. The highest BCUT2D eigenvalue weighted by molar-refractivity contribution is 7.17. The third kappa shape index (κ3) is 4.56. The number of benzene rings is 1. The van der Waals surface area contributed by atoms with Crippen LogP contribution in [0.25, 0.3) is 10.9 Å². The molecular weight excluding hydrogens is 438 g/mol. The van der Waals surface area contributed by atoms with Crippen molar-refractivity contribution in [1.82, 2.24) is 25.1 Å². The van der Waals surface area contributed by atoms with Gasteiger partial charge in [0, 0.05) is 18.5 Å². The maximum atomic E-state index is 12.8. The van der Waals surface area contributed by atoms with Gasteiger partial charge in [-0.25, -0.2) is 9.97 Å². The lowest BCUT2D eigenvalue weighted by molar-refractivity contribution is -0.129. The smallest absolute Gasteiger partial charge is 0.267 e. The van der Waals surface area contributed by atoms with Crippen molar-refractivity contribution in [3.05, 3.63) is 58.9 Å². The summed E-state index contributed by atoms with van der Waals surface area (Å²) in [5, 5.41) is 14.5. The zero-order valence-electron chi connectivity index (χ0n) is 18.1. The fourth-order valence-corrected chi connectivity index (χ4v) is 4.61. The number of H-pyrrole nitrogens is 1.